The second-order valence-corrected chi connectivity index (χ2v) is 5.81. The summed E-state index contributed by atoms with van der Waals surface area (Å²) in [7, 11) is 0. The fourth-order valence-electron chi connectivity index (χ4n) is 3.14. The van der Waals surface area contributed by atoms with E-state index in [2.05, 4.69) is 17.4 Å². The van der Waals surface area contributed by atoms with Crippen molar-refractivity contribution in [3.05, 3.63) is 17.0 Å². The minimum Gasteiger partial charge on any atom is -0.377 e. The molecule has 0 aromatic carbocycles. The summed E-state index contributed by atoms with van der Waals surface area (Å²) >= 11 is 0. The molecular weight excluding hydrogens is 240 g/mol. The third-order valence-electron chi connectivity index (χ3n) is 4.40. The van der Waals surface area contributed by atoms with Crippen LogP contribution in [0, 0.1) is 0 Å². The summed E-state index contributed by atoms with van der Waals surface area (Å²) in [4.78, 5) is 0. The van der Waals surface area contributed by atoms with E-state index in [0.29, 0.717) is 12.1 Å². The lowest BCUT2D eigenvalue weighted by Gasteiger charge is -2.28. The molecule has 1 fully saturated rings. The lowest BCUT2D eigenvalue weighted by Crippen LogP contribution is -2.40. The van der Waals surface area contributed by atoms with Gasteiger partial charge < -0.3 is 14.6 Å². The minimum atomic E-state index is 0.358. The van der Waals surface area contributed by atoms with Gasteiger partial charge in [-0.25, -0.2) is 0 Å². The van der Waals surface area contributed by atoms with E-state index in [-0.39, 0.29) is 0 Å². The van der Waals surface area contributed by atoms with Gasteiger partial charge in [0.05, 0.1) is 6.10 Å². The first-order valence-electron chi connectivity index (χ1n) is 7.66. The fraction of sp³-hybridized carbons (Fsp3) is 0.800. The molecule has 0 amide bonds. The van der Waals surface area contributed by atoms with E-state index in [1.807, 2.05) is 0 Å². The van der Waals surface area contributed by atoms with Gasteiger partial charge in [0.15, 0.2) is 0 Å². The Kier molecular flexibility index (Phi) is 4.18. The number of nitrogens with one attached hydrogen (secondary N) is 1. The first kappa shape index (κ1) is 13.1. The van der Waals surface area contributed by atoms with Crippen LogP contribution < -0.4 is 5.32 Å². The Bertz CT molecular complexity index is 410. The maximum atomic E-state index is 5.82. The van der Waals surface area contributed by atoms with Crippen LogP contribution in [0.2, 0.25) is 0 Å². The second-order valence-electron chi connectivity index (χ2n) is 5.81. The van der Waals surface area contributed by atoms with E-state index in [4.69, 9.17) is 9.26 Å². The molecular formula is C15H24N2O2. The highest BCUT2D eigenvalue weighted by Gasteiger charge is 2.23. The van der Waals surface area contributed by atoms with E-state index in [0.717, 1.165) is 37.4 Å². The standard InChI is InChI=1S/C15H24N2O2/c1-11(14-7-4-5-9-18-14)16-10-13-12-6-2-3-8-15(12)19-17-13/h11,14,16H,2-10H2,1H3/t11-,14-/m0/s1. The van der Waals surface area contributed by atoms with Gasteiger partial charge in [-0.05, 0) is 45.4 Å². The summed E-state index contributed by atoms with van der Waals surface area (Å²) < 4.78 is 11.3. The first-order valence-corrected chi connectivity index (χ1v) is 7.66. The van der Waals surface area contributed by atoms with Gasteiger partial charge in [-0.3, -0.25) is 0 Å². The van der Waals surface area contributed by atoms with Gasteiger partial charge in [0, 0.05) is 31.2 Å². The molecule has 1 aliphatic carbocycles. The highest BCUT2D eigenvalue weighted by atomic mass is 16.5. The summed E-state index contributed by atoms with van der Waals surface area (Å²) in [5.74, 6) is 1.12. The van der Waals surface area contributed by atoms with Crippen LogP contribution in [0.4, 0.5) is 0 Å². The Balaban J connectivity index is 1.55. The molecule has 3 rings (SSSR count). The number of hydrogen-bond donors (Lipinski definition) is 1. The lowest BCUT2D eigenvalue weighted by atomic mass is 9.96. The van der Waals surface area contributed by atoms with Gasteiger partial charge in [-0.2, -0.15) is 0 Å². The summed E-state index contributed by atoms with van der Waals surface area (Å²) in [6.07, 6.45) is 8.72. The predicted molar refractivity (Wildman–Crippen MR) is 73.0 cm³/mol. The van der Waals surface area contributed by atoms with Crippen molar-refractivity contribution in [2.45, 2.75) is 70.6 Å². The van der Waals surface area contributed by atoms with Crippen molar-refractivity contribution in [2.75, 3.05) is 6.61 Å². The van der Waals surface area contributed by atoms with Gasteiger partial charge in [0.25, 0.3) is 0 Å². The van der Waals surface area contributed by atoms with Crippen molar-refractivity contribution in [3.63, 3.8) is 0 Å². The third kappa shape index (κ3) is 3.00. The number of hydrogen-bond acceptors (Lipinski definition) is 4. The monoisotopic (exact) mass is 264 g/mol. The van der Waals surface area contributed by atoms with Gasteiger partial charge in [0.2, 0.25) is 0 Å². The van der Waals surface area contributed by atoms with Crippen LogP contribution in [0.3, 0.4) is 0 Å². The third-order valence-corrected chi connectivity index (χ3v) is 4.40. The Morgan fingerprint density at radius 2 is 2.16 bits per heavy atom. The van der Waals surface area contributed by atoms with Crippen molar-refractivity contribution in [1.82, 2.24) is 10.5 Å². The second kappa shape index (κ2) is 6.06. The Hall–Kier alpha value is -0.870. The molecule has 1 aromatic rings. The molecule has 1 saturated heterocycles. The van der Waals surface area contributed by atoms with Crippen LogP contribution in [0.15, 0.2) is 4.52 Å². The zero-order valence-corrected chi connectivity index (χ0v) is 11.8. The normalized spacial score (nSPS) is 25.0. The molecule has 0 saturated carbocycles. The summed E-state index contributed by atoms with van der Waals surface area (Å²) in [6.45, 7) is 3.93. The molecule has 4 nitrogen and oxygen atoms in total. The summed E-state index contributed by atoms with van der Waals surface area (Å²) in [5, 5.41) is 7.79. The Labute approximate surface area is 114 Å². The SMILES string of the molecule is C[C@H](NCc1noc2c1CCCC2)[C@@H]1CCCCO1. The molecule has 19 heavy (non-hydrogen) atoms. The van der Waals surface area contributed by atoms with Crippen molar-refractivity contribution >= 4 is 0 Å². The average molecular weight is 264 g/mol. The number of rotatable bonds is 4. The zero-order chi connectivity index (χ0) is 13.1. The Morgan fingerprint density at radius 3 is 3.00 bits per heavy atom. The molecule has 0 spiro atoms. The number of ether oxygens (including phenoxy) is 1. The van der Waals surface area contributed by atoms with Crippen LogP contribution in [-0.2, 0) is 24.1 Å². The van der Waals surface area contributed by atoms with Gasteiger partial charge in [-0.1, -0.05) is 5.16 Å². The Morgan fingerprint density at radius 1 is 1.26 bits per heavy atom. The number of aromatic nitrogens is 1. The van der Waals surface area contributed by atoms with Gasteiger partial charge in [0.1, 0.15) is 11.5 Å². The van der Waals surface area contributed by atoms with E-state index in [9.17, 15) is 0 Å². The molecule has 2 atom stereocenters. The average Bonchev–Trinajstić information content (AvgIpc) is 2.89. The molecule has 2 aliphatic rings. The summed E-state index contributed by atoms with van der Waals surface area (Å²) in [6, 6.07) is 0.385. The molecule has 4 heteroatoms. The lowest BCUT2D eigenvalue weighted by molar-refractivity contribution is -0.00409. The van der Waals surface area contributed by atoms with Crippen LogP contribution >= 0.6 is 0 Å². The molecule has 0 bridgehead atoms. The van der Waals surface area contributed by atoms with Crippen molar-refractivity contribution in [1.29, 1.82) is 0 Å². The van der Waals surface area contributed by atoms with Crippen LogP contribution in [0.25, 0.3) is 0 Å². The van der Waals surface area contributed by atoms with Crippen molar-refractivity contribution in [2.24, 2.45) is 0 Å². The number of nitrogens with zero attached hydrogens (tertiary/aromatic N) is 1. The number of aryl methyl sites for hydroxylation is 1. The molecule has 0 unspecified atom stereocenters. The first-order chi connectivity index (χ1) is 9.34. The predicted octanol–water partition coefficient (Wildman–Crippen LogP) is 2.60. The highest BCUT2D eigenvalue weighted by molar-refractivity contribution is 5.25. The van der Waals surface area contributed by atoms with E-state index in [1.165, 1.54) is 37.7 Å². The topological polar surface area (TPSA) is 47.3 Å². The molecule has 106 valence electrons. The largest absolute Gasteiger partial charge is 0.377 e. The van der Waals surface area contributed by atoms with Crippen LogP contribution in [0.1, 0.15) is 56.0 Å². The van der Waals surface area contributed by atoms with Gasteiger partial charge >= 0.3 is 0 Å². The zero-order valence-electron chi connectivity index (χ0n) is 11.8. The molecule has 1 aliphatic heterocycles. The fourth-order valence-corrected chi connectivity index (χ4v) is 3.14. The molecule has 1 N–H and O–H groups in total. The molecule has 0 radical (unpaired) electrons. The quantitative estimate of drug-likeness (QED) is 0.908. The molecule has 2 heterocycles. The van der Waals surface area contributed by atoms with Crippen LogP contribution in [0.5, 0.6) is 0 Å². The maximum Gasteiger partial charge on any atom is 0.140 e. The van der Waals surface area contributed by atoms with E-state index in [1.54, 1.807) is 0 Å². The maximum absolute atomic E-state index is 5.82. The van der Waals surface area contributed by atoms with Crippen LogP contribution in [-0.4, -0.2) is 23.9 Å². The smallest absolute Gasteiger partial charge is 0.140 e. The summed E-state index contributed by atoms with van der Waals surface area (Å²) in [5.41, 5.74) is 2.47. The molecule has 1 aromatic heterocycles. The van der Waals surface area contributed by atoms with E-state index >= 15 is 0 Å². The van der Waals surface area contributed by atoms with Gasteiger partial charge in [-0.15, -0.1) is 0 Å². The van der Waals surface area contributed by atoms with Crippen molar-refractivity contribution < 1.29 is 9.26 Å². The minimum absolute atomic E-state index is 0.358. The van der Waals surface area contributed by atoms with Crippen molar-refractivity contribution in [3.8, 4) is 0 Å². The highest BCUT2D eigenvalue weighted by Crippen LogP contribution is 2.24. The van der Waals surface area contributed by atoms with E-state index < -0.39 is 0 Å². The number of fused-ring (bicyclic) bond motifs is 1.